The molecule has 0 aromatic heterocycles. The van der Waals surface area contributed by atoms with E-state index < -0.39 is 23.7 Å². The summed E-state index contributed by atoms with van der Waals surface area (Å²) in [5, 5.41) is 20.6. The van der Waals surface area contributed by atoms with Crippen molar-refractivity contribution in [3.8, 4) is 11.5 Å². The number of hydrogen-bond acceptors (Lipinski definition) is 6. The van der Waals surface area contributed by atoms with Gasteiger partial charge in [0.2, 0.25) is 0 Å². The van der Waals surface area contributed by atoms with E-state index in [-0.39, 0.29) is 29.9 Å². The first-order chi connectivity index (χ1) is 16.3. The Hall–Kier alpha value is -3.52. The van der Waals surface area contributed by atoms with Crippen LogP contribution in [0, 0.1) is 0 Å². The minimum atomic E-state index is -0.881. The fourth-order valence-corrected chi connectivity index (χ4v) is 4.11. The van der Waals surface area contributed by atoms with E-state index in [0.29, 0.717) is 41.3 Å². The monoisotopic (exact) mass is 487 g/mol. The summed E-state index contributed by atoms with van der Waals surface area (Å²) in [5.41, 5.74) is 0.766. The largest absolute Gasteiger partial charge is 0.507 e. The SMILES string of the molecule is COc1ccc(OC)c(/C(O)=C2/C(=O)C(=O)N(CCCCCC(=O)O)C2c2ccc(Cl)cc2)c1. The Labute approximate surface area is 202 Å². The lowest BCUT2D eigenvalue weighted by Crippen LogP contribution is -2.30. The first-order valence-corrected chi connectivity index (χ1v) is 11.1. The molecule has 180 valence electrons. The molecule has 1 atom stereocenters. The number of rotatable bonds is 10. The lowest BCUT2D eigenvalue weighted by molar-refractivity contribution is -0.140. The van der Waals surface area contributed by atoms with Crippen LogP contribution in [0.5, 0.6) is 11.5 Å². The molecule has 0 radical (unpaired) electrons. The molecule has 1 fully saturated rings. The van der Waals surface area contributed by atoms with Crippen LogP contribution in [0.3, 0.4) is 0 Å². The van der Waals surface area contributed by atoms with E-state index in [0.717, 1.165) is 0 Å². The average molecular weight is 488 g/mol. The molecule has 0 bridgehead atoms. The molecule has 2 N–H and O–H groups in total. The lowest BCUT2D eigenvalue weighted by atomic mass is 9.95. The van der Waals surface area contributed by atoms with Gasteiger partial charge in [0, 0.05) is 18.0 Å². The van der Waals surface area contributed by atoms with Crippen LogP contribution in [0.2, 0.25) is 5.02 Å². The number of halogens is 1. The number of carboxylic acid groups (broad SMARTS) is 1. The molecule has 1 amide bonds. The van der Waals surface area contributed by atoms with E-state index in [2.05, 4.69) is 0 Å². The molecular formula is C25H26ClNO7. The molecule has 34 heavy (non-hydrogen) atoms. The van der Waals surface area contributed by atoms with Crippen LogP contribution in [0.4, 0.5) is 0 Å². The second-order valence-electron chi connectivity index (χ2n) is 7.81. The van der Waals surface area contributed by atoms with Gasteiger partial charge >= 0.3 is 5.97 Å². The van der Waals surface area contributed by atoms with Gasteiger partial charge in [-0.15, -0.1) is 0 Å². The Morgan fingerprint density at radius 1 is 1.00 bits per heavy atom. The summed E-state index contributed by atoms with van der Waals surface area (Å²) in [6.45, 7) is 0.226. The zero-order chi connectivity index (χ0) is 24.8. The number of carboxylic acids is 1. The first-order valence-electron chi connectivity index (χ1n) is 10.8. The molecule has 0 aliphatic carbocycles. The predicted molar refractivity (Wildman–Crippen MR) is 126 cm³/mol. The maximum atomic E-state index is 13.1. The quantitative estimate of drug-likeness (QED) is 0.220. The molecule has 1 saturated heterocycles. The fourth-order valence-electron chi connectivity index (χ4n) is 3.98. The van der Waals surface area contributed by atoms with E-state index in [9.17, 15) is 19.5 Å². The highest BCUT2D eigenvalue weighted by Crippen LogP contribution is 2.42. The molecule has 1 heterocycles. The van der Waals surface area contributed by atoms with Crippen molar-refractivity contribution in [2.75, 3.05) is 20.8 Å². The highest BCUT2D eigenvalue weighted by molar-refractivity contribution is 6.46. The van der Waals surface area contributed by atoms with Gasteiger partial charge in [-0.2, -0.15) is 0 Å². The van der Waals surface area contributed by atoms with E-state index in [1.807, 2.05) is 0 Å². The van der Waals surface area contributed by atoms with Crippen molar-refractivity contribution in [2.24, 2.45) is 0 Å². The molecule has 1 unspecified atom stereocenters. The van der Waals surface area contributed by atoms with Crippen LogP contribution in [0.25, 0.3) is 5.76 Å². The van der Waals surface area contributed by atoms with Gasteiger partial charge in [-0.25, -0.2) is 0 Å². The summed E-state index contributed by atoms with van der Waals surface area (Å²) < 4.78 is 10.6. The molecule has 3 rings (SSSR count). The van der Waals surface area contributed by atoms with E-state index >= 15 is 0 Å². The molecule has 2 aromatic carbocycles. The van der Waals surface area contributed by atoms with Gasteiger partial charge in [-0.1, -0.05) is 30.2 Å². The van der Waals surface area contributed by atoms with Gasteiger partial charge in [0.1, 0.15) is 17.3 Å². The topological polar surface area (TPSA) is 113 Å². The number of unbranched alkanes of at least 4 members (excludes halogenated alkanes) is 2. The summed E-state index contributed by atoms with van der Waals surface area (Å²) in [4.78, 5) is 38.3. The highest BCUT2D eigenvalue weighted by Gasteiger charge is 2.46. The van der Waals surface area contributed by atoms with Crippen molar-refractivity contribution in [3.05, 3.63) is 64.2 Å². The third-order valence-corrected chi connectivity index (χ3v) is 5.93. The van der Waals surface area contributed by atoms with Crippen LogP contribution >= 0.6 is 11.6 Å². The number of Topliss-reactive ketones (excluding diaryl/α,β-unsaturated/α-hetero) is 1. The van der Waals surface area contributed by atoms with Crippen LogP contribution in [-0.2, 0) is 14.4 Å². The maximum Gasteiger partial charge on any atom is 0.303 e. The standard InChI is InChI=1S/C25H26ClNO7/c1-33-17-11-12-19(34-2)18(14-17)23(30)21-22(15-7-9-16(26)10-8-15)27(25(32)24(21)31)13-5-3-4-6-20(28)29/h7-12,14,22,30H,3-6,13H2,1-2H3,(H,28,29)/b23-21-. The third-order valence-electron chi connectivity index (χ3n) is 5.68. The van der Waals surface area contributed by atoms with Crippen molar-refractivity contribution >= 4 is 35.0 Å². The summed E-state index contributed by atoms with van der Waals surface area (Å²) in [5.74, 6) is -2.04. The molecule has 2 aromatic rings. The van der Waals surface area contributed by atoms with Gasteiger partial charge in [0.25, 0.3) is 11.7 Å². The zero-order valence-electron chi connectivity index (χ0n) is 18.9. The number of aliphatic hydroxyl groups excluding tert-OH is 1. The van der Waals surface area contributed by atoms with Crippen molar-refractivity contribution in [2.45, 2.75) is 31.7 Å². The molecule has 1 aliphatic heterocycles. The van der Waals surface area contributed by atoms with Gasteiger partial charge in [-0.05, 0) is 48.7 Å². The van der Waals surface area contributed by atoms with Crippen molar-refractivity contribution in [3.63, 3.8) is 0 Å². The first kappa shape index (κ1) is 25.1. The number of aliphatic hydroxyl groups is 1. The van der Waals surface area contributed by atoms with Crippen LogP contribution in [0.1, 0.15) is 42.9 Å². The number of methoxy groups -OCH3 is 2. The third kappa shape index (κ3) is 5.34. The summed E-state index contributed by atoms with van der Waals surface area (Å²) >= 11 is 6.04. The van der Waals surface area contributed by atoms with E-state index in [4.69, 9.17) is 26.2 Å². The van der Waals surface area contributed by atoms with Gasteiger partial charge < -0.3 is 24.6 Å². The number of ether oxygens (including phenoxy) is 2. The summed E-state index contributed by atoms with van der Waals surface area (Å²) in [6.07, 6.45) is 1.58. The zero-order valence-corrected chi connectivity index (χ0v) is 19.7. The number of carbonyl (C=O) groups excluding carboxylic acids is 2. The number of hydrogen-bond donors (Lipinski definition) is 2. The van der Waals surface area contributed by atoms with Gasteiger partial charge in [0.05, 0.1) is 31.4 Å². The highest BCUT2D eigenvalue weighted by atomic mass is 35.5. The minimum Gasteiger partial charge on any atom is -0.507 e. The molecule has 8 nitrogen and oxygen atoms in total. The lowest BCUT2D eigenvalue weighted by Gasteiger charge is -2.25. The number of ketones is 1. The number of likely N-dealkylation sites (tertiary alicyclic amines) is 1. The fraction of sp³-hybridized carbons (Fsp3) is 0.320. The molecular weight excluding hydrogens is 462 g/mol. The summed E-state index contributed by atoms with van der Waals surface area (Å²) in [7, 11) is 2.91. The Kier molecular flexibility index (Phi) is 8.17. The van der Waals surface area contributed by atoms with Crippen LogP contribution < -0.4 is 9.47 Å². The number of nitrogens with zero attached hydrogens (tertiary/aromatic N) is 1. The number of carbonyl (C=O) groups is 3. The second kappa shape index (κ2) is 11.1. The van der Waals surface area contributed by atoms with E-state index in [1.54, 1.807) is 36.4 Å². The maximum absolute atomic E-state index is 13.1. The molecule has 1 aliphatic rings. The Bertz CT molecular complexity index is 1110. The van der Waals surface area contributed by atoms with E-state index in [1.165, 1.54) is 25.2 Å². The molecule has 0 saturated carbocycles. The average Bonchev–Trinajstić information content (AvgIpc) is 3.08. The summed E-state index contributed by atoms with van der Waals surface area (Å²) in [6, 6.07) is 10.6. The van der Waals surface area contributed by atoms with Crippen molar-refractivity contribution in [1.82, 2.24) is 4.90 Å². The van der Waals surface area contributed by atoms with Crippen molar-refractivity contribution in [1.29, 1.82) is 0 Å². The Morgan fingerprint density at radius 2 is 1.71 bits per heavy atom. The van der Waals surface area contributed by atoms with Crippen LogP contribution in [-0.4, -0.2) is 53.5 Å². The molecule has 0 spiro atoms. The predicted octanol–water partition coefficient (Wildman–Crippen LogP) is 4.42. The number of benzene rings is 2. The van der Waals surface area contributed by atoms with Gasteiger partial charge in [0.15, 0.2) is 0 Å². The Morgan fingerprint density at radius 3 is 2.32 bits per heavy atom. The normalized spacial score (nSPS) is 17.1. The number of aliphatic carboxylic acids is 1. The second-order valence-corrected chi connectivity index (χ2v) is 8.25. The number of amides is 1. The van der Waals surface area contributed by atoms with Gasteiger partial charge in [-0.3, -0.25) is 14.4 Å². The Balaban J connectivity index is 2.06. The van der Waals surface area contributed by atoms with Crippen LogP contribution in [0.15, 0.2) is 48.0 Å². The molecule has 9 heteroatoms. The smallest absolute Gasteiger partial charge is 0.303 e. The van der Waals surface area contributed by atoms with Crippen molar-refractivity contribution < 1.29 is 34.1 Å². The minimum absolute atomic E-state index is 0.0368.